The summed E-state index contributed by atoms with van der Waals surface area (Å²) in [6.07, 6.45) is 1.95. The Bertz CT molecular complexity index is 2670. The third-order valence-electron chi connectivity index (χ3n) is 9.98. The van der Waals surface area contributed by atoms with Crippen molar-refractivity contribution in [2.75, 3.05) is 20.8 Å². The lowest BCUT2D eigenvalue weighted by atomic mass is 9.80. The van der Waals surface area contributed by atoms with Crippen molar-refractivity contribution in [1.29, 1.82) is 0 Å². The Morgan fingerprint density at radius 3 is 1.98 bits per heavy atom. The molecule has 8 rings (SSSR count). The molecule has 0 saturated carbocycles. The van der Waals surface area contributed by atoms with Crippen LogP contribution in [0.2, 0.25) is 0 Å². The molecule has 0 saturated heterocycles. The van der Waals surface area contributed by atoms with Gasteiger partial charge in [-0.2, -0.15) is 27.0 Å². The summed E-state index contributed by atoms with van der Waals surface area (Å²) in [5.74, 6) is -0.204. The second-order valence-corrected chi connectivity index (χ2v) is 18.0. The summed E-state index contributed by atoms with van der Waals surface area (Å²) in [6.45, 7) is 6.57. The lowest BCUT2D eigenvalue weighted by Crippen LogP contribution is -2.41. The summed E-state index contributed by atoms with van der Waals surface area (Å²) in [5, 5.41) is 31.2. The van der Waals surface area contributed by atoms with Crippen molar-refractivity contribution in [1.82, 2.24) is 10.0 Å². The van der Waals surface area contributed by atoms with Crippen molar-refractivity contribution in [2.45, 2.75) is 55.9 Å². The van der Waals surface area contributed by atoms with Crippen molar-refractivity contribution >= 4 is 55.7 Å². The summed E-state index contributed by atoms with van der Waals surface area (Å²) >= 11 is 0. The highest BCUT2D eigenvalue weighted by Gasteiger charge is 2.38. The molecule has 1 atom stereocenters. The Kier molecular flexibility index (Phi) is 10.8. The minimum atomic E-state index is -4.00. The quantitative estimate of drug-likeness (QED) is 0.276. The van der Waals surface area contributed by atoms with Crippen LogP contribution in [-0.4, -0.2) is 93.9 Å². The first-order chi connectivity index (χ1) is 27.4. The van der Waals surface area contributed by atoms with Crippen LogP contribution in [0, 0.1) is 17.0 Å². The average molecular weight is 833 g/mol. The summed E-state index contributed by atoms with van der Waals surface area (Å²) in [5.41, 5.74) is 3.52. The lowest BCUT2D eigenvalue weighted by molar-refractivity contribution is 0.246. The van der Waals surface area contributed by atoms with Crippen LogP contribution < -0.4 is 14.9 Å². The predicted octanol–water partition coefficient (Wildman–Crippen LogP) is 4.27. The van der Waals surface area contributed by atoms with E-state index in [4.69, 9.17) is 9.47 Å². The SMILES string of the molecule is COc1cc(C2=NN(C3=NS(=O)(=O)c4cc(B(O)O)ccc43)C(C)CC2)ccc1F.COc1cc(C2=NN(C3=NS(=O)(=O)c4ccccc43)CC(C)(C)C2)ccc1F. The zero-order valence-electron chi connectivity index (χ0n) is 32.1. The van der Waals surface area contributed by atoms with E-state index in [1.165, 1.54) is 44.6 Å². The van der Waals surface area contributed by atoms with Gasteiger partial charge in [-0.05, 0) is 91.7 Å². The van der Waals surface area contributed by atoms with E-state index in [1.807, 2.05) is 6.92 Å². The van der Waals surface area contributed by atoms with Crippen molar-refractivity contribution in [3.05, 3.63) is 113 Å². The number of nitrogens with zero attached hydrogens (tertiary/aromatic N) is 6. The fraction of sp³-hybridized carbons (Fsp3) is 0.282. The molecular weight excluding hydrogens is 793 g/mol. The second-order valence-electron chi connectivity index (χ2n) is 14.8. The van der Waals surface area contributed by atoms with E-state index in [0.717, 1.165) is 11.3 Å². The maximum absolute atomic E-state index is 13.8. The third kappa shape index (κ3) is 7.86. The van der Waals surface area contributed by atoms with Crippen LogP contribution in [0.25, 0.3) is 0 Å². The van der Waals surface area contributed by atoms with Gasteiger partial charge in [0.1, 0.15) is 9.79 Å². The fourth-order valence-electron chi connectivity index (χ4n) is 7.05. The van der Waals surface area contributed by atoms with Gasteiger partial charge in [-0.1, -0.05) is 38.1 Å². The largest absolute Gasteiger partial charge is 0.494 e. The first kappa shape index (κ1) is 40.7. The Labute approximate surface area is 335 Å². The van der Waals surface area contributed by atoms with Crippen LogP contribution >= 0.6 is 0 Å². The van der Waals surface area contributed by atoms with E-state index < -0.39 is 38.8 Å². The molecule has 0 radical (unpaired) electrons. The fourth-order valence-corrected chi connectivity index (χ4v) is 9.48. The number of benzene rings is 4. The molecule has 0 amide bonds. The molecule has 4 aliphatic rings. The predicted molar refractivity (Wildman–Crippen MR) is 215 cm³/mol. The van der Waals surface area contributed by atoms with Gasteiger partial charge in [-0.3, -0.25) is 0 Å². The first-order valence-corrected chi connectivity index (χ1v) is 21.0. The van der Waals surface area contributed by atoms with Crippen LogP contribution in [-0.2, 0) is 20.0 Å². The van der Waals surface area contributed by atoms with Gasteiger partial charge in [0.15, 0.2) is 34.8 Å². The zero-order chi connectivity index (χ0) is 41.7. The van der Waals surface area contributed by atoms with Crippen LogP contribution in [0.3, 0.4) is 0 Å². The van der Waals surface area contributed by atoms with Crippen molar-refractivity contribution in [2.24, 2.45) is 24.4 Å². The van der Waals surface area contributed by atoms with Gasteiger partial charge in [-0.15, -0.1) is 8.80 Å². The molecule has 19 heteroatoms. The van der Waals surface area contributed by atoms with E-state index in [2.05, 4.69) is 32.8 Å². The summed E-state index contributed by atoms with van der Waals surface area (Å²) < 4.78 is 95.6. The number of amidine groups is 2. The molecule has 4 heterocycles. The van der Waals surface area contributed by atoms with Crippen LogP contribution in [0.5, 0.6) is 11.5 Å². The topological polar surface area (TPSA) is 183 Å². The Morgan fingerprint density at radius 1 is 0.759 bits per heavy atom. The highest BCUT2D eigenvalue weighted by molar-refractivity contribution is 7.91. The van der Waals surface area contributed by atoms with Gasteiger partial charge < -0.3 is 19.5 Å². The number of sulfonamides is 2. The molecule has 14 nitrogen and oxygen atoms in total. The average Bonchev–Trinajstić information content (AvgIpc) is 3.63. The standard InChI is InChI=1S/C20H20FN3O3S.C19H19BFN3O5S/c1-20(2)11-16(13-8-9-15(21)17(10-13)27-3)22-24(12-20)19-14-6-4-5-7-18(14)28(25,26)23-19;1-11-3-8-16(12-4-7-15(21)17(9-12)29-2)22-24(11)19-14-6-5-13(20(25)26)10-18(14)30(27,28)23-19/h4-10H,11-12H2,1-3H3;4-7,9-11,25-26H,3,8H2,1-2H3. The van der Waals surface area contributed by atoms with Gasteiger partial charge in [-0.25, -0.2) is 18.8 Å². The highest BCUT2D eigenvalue weighted by Crippen LogP contribution is 2.36. The molecule has 4 aromatic carbocycles. The smallest absolute Gasteiger partial charge is 0.488 e. The van der Waals surface area contributed by atoms with Crippen molar-refractivity contribution in [3.63, 3.8) is 0 Å². The summed E-state index contributed by atoms with van der Waals surface area (Å²) in [7, 11) is -6.73. The molecule has 0 bridgehead atoms. The lowest BCUT2D eigenvalue weighted by Gasteiger charge is -2.36. The molecule has 0 aliphatic carbocycles. The van der Waals surface area contributed by atoms with Crippen LogP contribution in [0.1, 0.15) is 62.3 Å². The van der Waals surface area contributed by atoms with Crippen LogP contribution in [0.4, 0.5) is 8.78 Å². The van der Waals surface area contributed by atoms with Gasteiger partial charge in [0, 0.05) is 28.8 Å². The molecular formula is C39H39BF2N6O8S2. The van der Waals surface area contributed by atoms with E-state index >= 15 is 0 Å². The molecule has 0 fully saturated rings. The molecule has 0 aromatic heterocycles. The zero-order valence-corrected chi connectivity index (χ0v) is 33.7. The number of halogens is 2. The molecule has 0 spiro atoms. The Morgan fingerprint density at radius 2 is 1.34 bits per heavy atom. The molecule has 2 N–H and O–H groups in total. The van der Waals surface area contributed by atoms with E-state index in [9.17, 15) is 35.7 Å². The third-order valence-corrected chi connectivity index (χ3v) is 12.6. The van der Waals surface area contributed by atoms with E-state index in [1.54, 1.807) is 58.5 Å². The maximum atomic E-state index is 13.8. The number of ether oxygens (including phenoxy) is 2. The summed E-state index contributed by atoms with van der Waals surface area (Å²) in [6, 6.07) is 19.8. The Hall–Kier alpha value is -5.50. The number of methoxy groups -OCH3 is 2. The maximum Gasteiger partial charge on any atom is 0.488 e. The number of hydrazone groups is 2. The monoisotopic (exact) mass is 832 g/mol. The van der Waals surface area contributed by atoms with Gasteiger partial charge in [0.05, 0.1) is 31.7 Å². The van der Waals surface area contributed by atoms with Gasteiger partial charge >= 0.3 is 7.12 Å². The van der Waals surface area contributed by atoms with E-state index in [-0.39, 0.29) is 44.0 Å². The minimum absolute atomic E-state index is 0.0584. The number of hydrogen-bond donors (Lipinski definition) is 2. The van der Waals surface area contributed by atoms with Crippen molar-refractivity contribution in [3.8, 4) is 11.5 Å². The number of hydrogen-bond acceptors (Lipinski definition) is 12. The molecule has 58 heavy (non-hydrogen) atoms. The van der Waals surface area contributed by atoms with Crippen LogP contribution in [0.15, 0.2) is 108 Å². The number of fused-ring (bicyclic) bond motifs is 2. The minimum Gasteiger partial charge on any atom is -0.494 e. The first-order valence-electron chi connectivity index (χ1n) is 18.1. The molecule has 302 valence electrons. The summed E-state index contributed by atoms with van der Waals surface area (Å²) in [4.78, 5) is 0.0923. The van der Waals surface area contributed by atoms with Gasteiger partial charge in [0.25, 0.3) is 20.0 Å². The van der Waals surface area contributed by atoms with E-state index in [0.29, 0.717) is 54.0 Å². The molecule has 1 unspecified atom stereocenters. The number of rotatable bonds is 5. The highest BCUT2D eigenvalue weighted by atomic mass is 32.2. The Balaban J connectivity index is 0.000000177. The second kappa shape index (κ2) is 15.4. The van der Waals surface area contributed by atoms with Crippen molar-refractivity contribution < 1.29 is 45.1 Å². The normalized spacial score (nSPS) is 19.7. The molecule has 4 aliphatic heterocycles. The van der Waals surface area contributed by atoms with Gasteiger partial charge in [0.2, 0.25) is 0 Å². The molecule has 4 aromatic rings.